The molecule has 1 aromatic rings. The van der Waals surface area contributed by atoms with Crippen LogP contribution >= 0.6 is 15.9 Å². The Bertz CT molecular complexity index is 381. The van der Waals surface area contributed by atoms with Gasteiger partial charge in [0.05, 0.1) is 5.92 Å². The number of rotatable bonds is 3. The average Bonchev–Trinajstić information content (AvgIpc) is 2.11. The Balaban J connectivity index is 2.00. The van der Waals surface area contributed by atoms with Gasteiger partial charge in [-0.15, -0.1) is 0 Å². The highest BCUT2D eigenvalue weighted by atomic mass is 79.9. The highest BCUT2D eigenvalue weighted by Crippen LogP contribution is 2.36. The summed E-state index contributed by atoms with van der Waals surface area (Å²) in [5.74, 6) is -0.517. The van der Waals surface area contributed by atoms with Crippen molar-refractivity contribution in [3.05, 3.63) is 28.5 Å². The standard InChI is InChI=1S/C11H12BrNO2/c12-9-4-7(5-13-6-9)3-8-1-2-10(8)11(14)15/h4-6,8,10H,1-3H2,(H,14,15). The van der Waals surface area contributed by atoms with Crippen LogP contribution in [0, 0.1) is 11.8 Å². The normalized spacial score (nSPS) is 24.6. The number of halogens is 1. The third kappa shape index (κ3) is 2.37. The second-order valence-corrected chi connectivity index (χ2v) is 4.91. The van der Waals surface area contributed by atoms with Gasteiger partial charge < -0.3 is 5.11 Å². The number of carboxylic acid groups (broad SMARTS) is 1. The first kappa shape index (κ1) is 10.6. The molecule has 0 aliphatic heterocycles. The van der Waals surface area contributed by atoms with Crippen LogP contribution in [0.4, 0.5) is 0 Å². The molecule has 0 bridgehead atoms. The summed E-state index contributed by atoms with van der Waals surface area (Å²) >= 11 is 3.36. The van der Waals surface area contributed by atoms with Crippen LogP contribution in [-0.4, -0.2) is 16.1 Å². The lowest BCUT2D eigenvalue weighted by Gasteiger charge is -2.33. The van der Waals surface area contributed by atoms with E-state index in [1.807, 2.05) is 12.3 Å². The average molecular weight is 270 g/mol. The fourth-order valence-corrected chi connectivity index (χ4v) is 2.42. The molecule has 1 aromatic heterocycles. The molecule has 0 saturated heterocycles. The first-order valence-corrected chi connectivity index (χ1v) is 5.78. The topological polar surface area (TPSA) is 50.2 Å². The Morgan fingerprint density at radius 3 is 2.87 bits per heavy atom. The van der Waals surface area contributed by atoms with Gasteiger partial charge in [-0.1, -0.05) is 0 Å². The molecule has 2 unspecified atom stereocenters. The van der Waals surface area contributed by atoms with E-state index in [4.69, 9.17) is 5.11 Å². The summed E-state index contributed by atoms with van der Waals surface area (Å²) in [5, 5.41) is 8.91. The molecule has 1 aliphatic rings. The van der Waals surface area contributed by atoms with E-state index >= 15 is 0 Å². The summed E-state index contributed by atoms with van der Waals surface area (Å²) in [7, 11) is 0. The van der Waals surface area contributed by atoms with Crippen molar-refractivity contribution in [1.82, 2.24) is 4.98 Å². The number of hydrogen-bond donors (Lipinski definition) is 1. The maximum Gasteiger partial charge on any atom is 0.306 e. The second kappa shape index (κ2) is 4.31. The van der Waals surface area contributed by atoms with E-state index in [1.54, 1.807) is 6.20 Å². The zero-order valence-corrected chi connectivity index (χ0v) is 9.77. The predicted octanol–water partition coefficient (Wildman–Crippen LogP) is 2.50. The summed E-state index contributed by atoms with van der Waals surface area (Å²) in [6.45, 7) is 0. The number of hydrogen-bond acceptors (Lipinski definition) is 2. The molecule has 0 aromatic carbocycles. The molecule has 1 saturated carbocycles. The van der Waals surface area contributed by atoms with Crippen molar-refractivity contribution < 1.29 is 9.90 Å². The maximum absolute atomic E-state index is 10.8. The smallest absolute Gasteiger partial charge is 0.306 e. The first-order chi connectivity index (χ1) is 7.16. The lowest BCUT2D eigenvalue weighted by Crippen LogP contribution is -2.34. The molecule has 1 aliphatic carbocycles. The van der Waals surface area contributed by atoms with E-state index in [0.717, 1.165) is 29.3 Å². The summed E-state index contributed by atoms with van der Waals surface area (Å²) < 4.78 is 0.950. The lowest BCUT2D eigenvalue weighted by molar-refractivity contribution is -0.147. The molecule has 3 nitrogen and oxygen atoms in total. The van der Waals surface area contributed by atoms with Crippen LogP contribution in [-0.2, 0) is 11.2 Å². The molecular weight excluding hydrogens is 258 g/mol. The van der Waals surface area contributed by atoms with E-state index in [-0.39, 0.29) is 5.92 Å². The van der Waals surface area contributed by atoms with Crippen molar-refractivity contribution >= 4 is 21.9 Å². The number of carbonyl (C=O) groups is 1. The highest BCUT2D eigenvalue weighted by Gasteiger charge is 2.36. The van der Waals surface area contributed by atoms with Crippen molar-refractivity contribution in [2.75, 3.05) is 0 Å². The number of aliphatic carboxylic acids is 1. The van der Waals surface area contributed by atoms with E-state index < -0.39 is 5.97 Å². The Labute approximate surface area is 96.7 Å². The van der Waals surface area contributed by atoms with Crippen LogP contribution in [0.5, 0.6) is 0 Å². The zero-order chi connectivity index (χ0) is 10.8. The number of aromatic nitrogens is 1. The minimum atomic E-state index is -0.658. The van der Waals surface area contributed by atoms with Crippen LogP contribution in [0.3, 0.4) is 0 Å². The van der Waals surface area contributed by atoms with E-state index in [2.05, 4.69) is 20.9 Å². The molecule has 4 heteroatoms. The van der Waals surface area contributed by atoms with Crippen LogP contribution in [0.2, 0.25) is 0 Å². The van der Waals surface area contributed by atoms with Crippen molar-refractivity contribution in [3.8, 4) is 0 Å². The molecule has 1 fully saturated rings. The van der Waals surface area contributed by atoms with Gasteiger partial charge in [0.1, 0.15) is 0 Å². The van der Waals surface area contributed by atoms with Gasteiger partial charge in [0.2, 0.25) is 0 Å². The number of pyridine rings is 1. The molecule has 80 valence electrons. The zero-order valence-electron chi connectivity index (χ0n) is 8.19. The summed E-state index contributed by atoms with van der Waals surface area (Å²) in [5.41, 5.74) is 1.11. The molecule has 1 heterocycles. The molecule has 2 rings (SSSR count). The monoisotopic (exact) mass is 269 g/mol. The van der Waals surface area contributed by atoms with Gasteiger partial charge in [0.15, 0.2) is 0 Å². The fourth-order valence-electron chi connectivity index (χ4n) is 2.01. The quantitative estimate of drug-likeness (QED) is 0.918. The van der Waals surface area contributed by atoms with Gasteiger partial charge >= 0.3 is 5.97 Å². The van der Waals surface area contributed by atoms with E-state index in [9.17, 15) is 4.79 Å². The largest absolute Gasteiger partial charge is 0.481 e. The SMILES string of the molecule is O=C(O)C1CCC1Cc1cncc(Br)c1. The fraction of sp³-hybridized carbons (Fsp3) is 0.455. The molecule has 15 heavy (non-hydrogen) atoms. The van der Waals surface area contributed by atoms with Crippen LogP contribution in [0.15, 0.2) is 22.9 Å². The lowest BCUT2D eigenvalue weighted by atomic mass is 9.71. The molecule has 2 atom stereocenters. The van der Waals surface area contributed by atoms with Crippen molar-refractivity contribution in [2.24, 2.45) is 11.8 Å². The Kier molecular flexibility index (Phi) is 3.05. The van der Waals surface area contributed by atoms with Crippen LogP contribution < -0.4 is 0 Å². The second-order valence-electron chi connectivity index (χ2n) is 4.00. The van der Waals surface area contributed by atoms with Crippen molar-refractivity contribution in [1.29, 1.82) is 0 Å². The number of carboxylic acids is 1. The predicted molar refractivity (Wildman–Crippen MR) is 59.5 cm³/mol. The third-order valence-electron chi connectivity index (χ3n) is 2.99. The summed E-state index contributed by atoms with van der Waals surface area (Å²) in [6.07, 6.45) is 6.20. The van der Waals surface area contributed by atoms with Crippen LogP contribution in [0.25, 0.3) is 0 Å². The van der Waals surface area contributed by atoms with Gasteiger partial charge in [-0.2, -0.15) is 0 Å². The van der Waals surface area contributed by atoms with E-state index in [0.29, 0.717) is 5.92 Å². The Morgan fingerprint density at radius 2 is 2.33 bits per heavy atom. The molecule has 1 N–H and O–H groups in total. The van der Waals surface area contributed by atoms with Crippen molar-refractivity contribution in [3.63, 3.8) is 0 Å². The molecular formula is C11H12BrNO2. The van der Waals surface area contributed by atoms with Gasteiger partial charge in [-0.25, -0.2) is 0 Å². The van der Waals surface area contributed by atoms with Gasteiger partial charge in [0.25, 0.3) is 0 Å². The minimum absolute atomic E-state index is 0.149. The molecule has 0 amide bonds. The Morgan fingerprint density at radius 1 is 1.53 bits per heavy atom. The highest BCUT2D eigenvalue weighted by molar-refractivity contribution is 9.10. The van der Waals surface area contributed by atoms with Gasteiger partial charge in [0, 0.05) is 16.9 Å². The molecule has 0 spiro atoms. The minimum Gasteiger partial charge on any atom is -0.481 e. The molecule has 0 radical (unpaired) electrons. The summed E-state index contributed by atoms with van der Waals surface area (Å²) in [4.78, 5) is 14.9. The third-order valence-corrected chi connectivity index (χ3v) is 3.43. The van der Waals surface area contributed by atoms with Gasteiger partial charge in [-0.3, -0.25) is 9.78 Å². The number of nitrogens with zero attached hydrogens (tertiary/aromatic N) is 1. The Hall–Kier alpha value is -0.900. The first-order valence-electron chi connectivity index (χ1n) is 4.99. The van der Waals surface area contributed by atoms with Crippen molar-refractivity contribution in [2.45, 2.75) is 19.3 Å². The van der Waals surface area contributed by atoms with E-state index in [1.165, 1.54) is 0 Å². The van der Waals surface area contributed by atoms with Gasteiger partial charge in [-0.05, 0) is 52.7 Å². The summed E-state index contributed by atoms with van der Waals surface area (Å²) in [6, 6.07) is 2.00. The maximum atomic E-state index is 10.8. The van der Waals surface area contributed by atoms with Crippen LogP contribution in [0.1, 0.15) is 18.4 Å².